The van der Waals surface area contributed by atoms with Crippen LogP contribution in [0.15, 0.2) is 42.5 Å². The van der Waals surface area contributed by atoms with Gasteiger partial charge in [-0.05, 0) is 31.0 Å². The third-order valence-corrected chi connectivity index (χ3v) is 4.34. The SMILES string of the molecule is CC(C)(C(=O)O)c1ccc2[nH]c(Cc3ccccc3)nc2c1C(=O)O. The Morgan fingerprint density at radius 3 is 2.36 bits per heavy atom. The number of carbonyl (C=O) groups is 2. The Bertz CT molecular complexity index is 958. The Morgan fingerprint density at radius 1 is 1.08 bits per heavy atom. The minimum Gasteiger partial charge on any atom is -0.481 e. The largest absolute Gasteiger partial charge is 0.481 e. The maximum Gasteiger partial charge on any atom is 0.338 e. The summed E-state index contributed by atoms with van der Waals surface area (Å²) >= 11 is 0. The van der Waals surface area contributed by atoms with E-state index in [9.17, 15) is 19.8 Å². The fourth-order valence-electron chi connectivity index (χ4n) is 2.85. The molecule has 1 heterocycles. The Hall–Kier alpha value is -3.15. The third kappa shape index (κ3) is 2.98. The maximum atomic E-state index is 11.8. The molecule has 2 aromatic carbocycles. The van der Waals surface area contributed by atoms with Gasteiger partial charge in [0.05, 0.1) is 16.5 Å². The molecular formula is C19H18N2O4. The molecule has 0 aliphatic heterocycles. The molecule has 25 heavy (non-hydrogen) atoms. The number of aliphatic carboxylic acids is 1. The van der Waals surface area contributed by atoms with E-state index < -0.39 is 17.4 Å². The van der Waals surface area contributed by atoms with Gasteiger partial charge in [-0.2, -0.15) is 0 Å². The normalized spacial score (nSPS) is 11.6. The number of hydrogen-bond donors (Lipinski definition) is 3. The zero-order chi connectivity index (χ0) is 18.2. The van der Waals surface area contributed by atoms with Gasteiger partial charge in [-0.1, -0.05) is 36.4 Å². The number of fused-ring (bicyclic) bond motifs is 1. The van der Waals surface area contributed by atoms with Crippen molar-refractivity contribution >= 4 is 23.0 Å². The zero-order valence-electron chi connectivity index (χ0n) is 13.9. The number of imidazole rings is 1. The number of H-pyrrole nitrogens is 1. The van der Waals surface area contributed by atoms with Gasteiger partial charge >= 0.3 is 11.9 Å². The third-order valence-electron chi connectivity index (χ3n) is 4.34. The quantitative estimate of drug-likeness (QED) is 0.663. The maximum absolute atomic E-state index is 11.8. The molecule has 6 heteroatoms. The van der Waals surface area contributed by atoms with Crippen LogP contribution in [0.25, 0.3) is 11.0 Å². The molecular weight excluding hydrogens is 320 g/mol. The van der Waals surface area contributed by atoms with Crippen molar-refractivity contribution in [2.45, 2.75) is 25.7 Å². The molecule has 6 nitrogen and oxygen atoms in total. The number of aromatic nitrogens is 2. The van der Waals surface area contributed by atoms with E-state index in [1.165, 1.54) is 13.8 Å². The summed E-state index contributed by atoms with van der Waals surface area (Å²) in [6, 6.07) is 12.9. The van der Waals surface area contributed by atoms with Gasteiger partial charge in [-0.3, -0.25) is 4.79 Å². The number of carboxylic acids is 2. The molecule has 0 atom stereocenters. The first-order valence-electron chi connectivity index (χ1n) is 7.83. The number of benzene rings is 2. The zero-order valence-corrected chi connectivity index (χ0v) is 13.9. The van der Waals surface area contributed by atoms with Crippen molar-refractivity contribution < 1.29 is 19.8 Å². The van der Waals surface area contributed by atoms with Gasteiger partial charge in [0.2, 0.25) is 0 Å². The molecule has 0 spiro atoms. The van der Waals surface area contributed by atoms with Crippen LogP contribution in [0.4, 0.5) is 0 Å². The predicted octanol–water partition coefficient (Wildman–Crippen LogP) is 3.21. The molecule has 0 aliphatic carbocycles. The molecule has 128 valence electrons. The van der Waals surface area contributed by atoms with Crippen molar-refractivity contribution in [2.75, 3.05) is 0 Å². The summed E-state index contributed by atoms with van der Waals surface area (Å²) in [5.74, 6) is -1.64. The molecule has 0 amide bonds. The van der Waals surface area contributed by atoms with E-state index in [0.29, 0.717) is 17.8 Å². The Balaban J connectivity index is 2.15. The van der Waals surface area contributed by atoms with Crippen LogP contribution in [-0.4, -0.2) is 32.1 Å². The second-order valence-electron chi connectivity index (χ2n) is 6.47. The lowest BCUT2D eigenvalue weighted by molar-refractivity contribution is -0.142. The lowest BCUT2D eigenvalue weighted by atomic mass is 9.81. The van der Waals surface area contributed by atoms with E-state index in [4.69, 9.17) is 0 Å². The van der Waals surface area contributed by atoms with Crippen LogP contribution >= 0.6 is 0 Å². The second kappa shape index (κ2) is 6.05. The van der Waals surface area contributed by atoms with Crippen LogP contribution in [0.1, 0.15) is 41.2 Å². The smallest absolute Gasteiger partial charge is 0.338 e. The standard InChI is InChI=1S/C19H18N2O4/c1-19(2,18(24)25)12-8-9-13-16(15(12)17(22)23)21-14(20-13)10-11-6-4-3-5-7-11/h3-9H,10H2,1-2H3,(H,20,21)(H,22,23)(H,24,25). The predicted molar refractivity (Wildman–Crippen MR) is 93.0 cm³/mol. The molecule has 0 fully saturated rings. The summed E-state index contributed by atoms with van der Waals surface area (Å²) in [5, 5.41) is 19.1. The molecule has 1 aromatic heterocycles. The first-order chi connectivity index (χ1) is 11.8. The number of aromatic amines is 1. The molecule has 3 N–H and O–H groups in total. The summed E-state index contributed by atoms with van der Waals surface area (Å²) in [4.78, 5) is 30.9. The van der Waals surface area contributed by atoms with E-state index in [0.717, 1.165) is 5.56 Å². The minimum absolute atomic E-state index is 0.0690. The van der Waals surface area contributed by atoms with E-state index in [1.807, 2.05) is 30.3 Å². The highest BCUT2D eigenvalue weighted by Gasteiger charge is 2.35. The van der Waals surface area contributed by atoms with Crippen molar-refractivity contribution in [1.82, 2.24) is 9.97 Å². The van der Waals surface area contributed by atoms with Gasteiger partial charge in [0.1, 0.15) is 11.3 Å². The van der Waals surface area contributed by atoms with E-state index in [1.54, 1.807) is 12.1 Å². The number of aromatic carboxylic acids is 1. The van der Waals surface area contributed by atoms with E-state index >= 15 is 0 Å². The lowest BCUT2D eigenvalue weighted by Crippen LogP contribution is -2.30. The fourth-order valence-corrected chi connectivity index (χ4v) is 2.85. The van der Waals surface area contributed by atoms with Gasteiger partial charge in [0, 0.05) is 6.42 Å². The first-order valence-corrected chi connectivity index (χ1v) is 7.83. The summed E-state index contributed by atoms with van der Waals surface area (Å²) < 4.78 is 0. The minimum atomic E-state index is -1.33. The van der Waals surface area contributed by atoms with Crippen LogP contribution in [-0.2, 0) is 16.6 Å². The summed E-state index contributed by atoms with van der Waals surface area (Å²) in [5.41, 5.74) is 0.738. The van der Waals surface area contributed by atoms with Crippen molar-refractivity contribution in [2.24, 2.45) is 0 Å². The molecule has 3 rings (SSSR count). The number of nitrogens with zero attached hydrogens (tertiary/aromatic N) is 1. The van der Waals surface area contributed by atoms with Crippen LogP contribution in [0.5, 0.6) is 0 Å². The van der Waals surface area contributed by atoms with Crippen LogP contribution in [0.2, 0.25) is 0 Å². The highest BCUT2D eigenvalue weighted by Crippen LogP contribution is 2.31. The number of nitrogens with one attached hydrogen (secondary N) is 1. The highest BCUT2D eigenvalue weighted by atomic mass is 16.4. The highest BCUT2D eigenvalue weighted by molar-refractivity contribution is 6.04. The van der Waals surface area contributed by atoms with Gasteiger partial charge in [-0.15, -0.1) is 0 Å². The summed E-state index contributed by atoms with van der Waals surface area (Å²) in [7, 11) is 0. The van der Waals surface area contributed by atoms with Crippen molar-refractivity contribution in [3.63, 3.8) is 0 Å². The number of hydrogen-bond acceptors (Lipinski definition) is 3. The number of rotatable bonds is 5. The van der Waals surface area contributed by atoms with Gasteiger partial charge in [-0.25, -0.2) is 9.78 Å². The van der Waals surface area contributed by atoms with Crippen molar-refractivity contribution in [1.29, 1.82) is 0 Å². The summed E-state index contributed by atoms with van der Waals surface area (Å²) in [6.07, 6.45) is 0.534. The van der Waals surface area contributed by atoms with Gasteiger partial charge in [0.15, 0.2) is 0 Å². The van der Waals surface area contributed by atoms with Crippen LogP contribution in [0, 0.1) is 0 Å². The van der Waals surface area contributed by atoms with E-state index in [-0.39, 0.29) is 16.6 Å². The average Bonchev–Trinajstić information content (AvgIpc) is 2.96. The van der Waals surface area contributed by atoms with Crippen molar-refractivity contribution in [3.05, 3.63) is 65.0 Å². The second-order valence-corrected chi connectivity index (χ2v) is 6.47. The molecule has 0 bridgehead atoms. The molecule has 3 aromatic rings. The monoisotopic (exact) mass is 338 g/mol. The van der Waals surface area contributed by atoms with E-state index in [2.05, 4.69) is 9.97 Å². The van der Waals surface area contributed by atoms with Crippen LogP contribution < -0.4 is 0 Å². The average molecular weight is 338 g/mol. The molecule has 0 saturated carbocycles. The van der Waals surface area contributed by atoms with Gasteiger partial charge < -0.3 is 15.2 Å². The van der Waals surface area contributed by atoms with Gasteiger partial charge in [0.25, 0.3) is 0 Å². The fraction of sp³-hybridized carbons (Fsp3) is 0.211. The van der Waals surface area contributed by atoms with Crippen molar-refractivity contribution in [3.8, 4) is 0 Å². The Morgan fingerprint density at radius 2 is 1.76 bits per heavy atom. The molecule has 0 unspecified atom stereocenters. The molecule has 0 radical (unpaired) electrons. The Kier molecular flexibility index (Phi) is 4.04. The number of carboxylic acid groups (broad SMARTS) is 2. The van der Waals surface area contributed by atoms with Crippen LogP contribution in [0.3, 0.4) is 0 Å². The Labute approximate surface area is 144 Å². The lowest BCUT2D eigenvalue weighted by Gasteiger charge is -2.21. The summed E-state index contributed by atoms with van der Waals surface area (Å²) in [6.45, 7) is 2.97. The first kappa shape index (κ1) is 16.7. The topological polar surface area (TPSA) is 103 Å². The molecule has 0 aliphatic rings. The molecule has 0 saturated heterocycles.